The molecule has 0 aromatic heterocycles. The molecular formula is C13H14F2N2O3. The van der Waals surface area contributed by atoms with E-state index in [1.54, 1.807) is 0 Å². The number of nitrogens with one attached hydrogen (secondary N) is 1. The zero-order chi connectivity index (χ0) is 14.9. The van der Waals surface area contributed by atoms with Gasteiger partial charge in [-0.3, -0.25) is 4.79 Å². The molecular weight excluding hydrogens is 270 g/mol. The fourth-order valence-corrected chi connectivity index (χ4v) is 2.30. The van der Waals surface area contributed by atoms with Gasteiger partial charge in [0.2, 0.25) is 5.91 Å². The molecule has 0 radical (unpaired) electrons. The normalized spacial score (nSPS) is 21.8. The monoisotopic (exact) mass is 284 g/mol. The summed E-state index contributed by atoms with van der Waals surface area (Å²) in [4.78, 5) is 22.7. The molecule has 1 aliphatic rings. The summed E-state index contributed by atoms with van der Waals surface area (Å²) in [7, 11) is 0. The molecule has 1 aliphatic carbocycles. The standard InChI is InChI=1S/C13H14F2N2O3/c14-9-5-10(15)11(4-8(9)13(19)20)17-12(18)6-1-2-7(16)3-6/h4-7H,1-3,16H2,(H,17,18)(H,19,20). The topological polar surface area (TPSA) is 92.4 Å². The van der Waals surface area contributed by atoms with E-state index in [1.807, 2.05) is 0 Å². The van der Waals surface area contributed by atoms with Crippen molar-refractivity contribution in [1.82, 2.24) is 0 Å². The Labute approximate surface area is 113 Å². The third kappa shape index (κ3) is 2.93. The van der Waals surface area contributed by atoms with Crippen LogP contribution in [0.25, 0.3) is 0 Å². The first-order chi connectivity index (χ1) is 9.38. The highest BCUT2D eigenvalue weighted by molar-refractivity contribution is 5.95. The number of hydrogen-bond acceptors (Lipinski definition) is 3. The fraction of sp³-hybridized carbons (Fsp3) is 0.385. The molecule has 4 N–H and O–H groups in total. The summed E-state index contributed by atoms with van der Waals surface area (Å²) in [6.45, 7) is 0. The van der Waals surface area contributed by atoms with Gasteiger partial charge in [-0.2, -0.15) is 0 Å². The molecule has 1 aromatic rings. The van der Waals surface area contributed by atoms with Gasteiger partial charge in [0.05, 0.1) is 11.3 Å². The first kappa shape index (κ1) is 14.4. The molecule has 0 bridgehead atoms. The van der Waals surface area contributed by atoms with Crippen LogP contribution in [0.5, 0.6) is 0 Å². The number of carbonyl (C=O) groups is 2. The fourth-order valence-electron chi connectivity index (χ4n) is 2.30. The van der Waals surface area contributed by atoms with Crippen LogP contribution in [-0.4, -0.2) is 23.0 Å². The summed E-state index contributed by atoms with van der Waals surface area (Å²) in [6, 6.07) is 1.16. The summed E-state index contributed by atoms with van der Waals surface area (Å²) in [6.07, 6.45) is 1.81. The molecule has 1 amide bonds. The van der Waals surface area contributed by atoms with E-state index in [1.165, 1.54) is 0 Å². The number of carboxylic acids is 1. The highest BCUT2D eigenvalue weighted by Gasteiger charge is 2.28. The van der Waals surface area contributed by atoms with Crippen molar-refractivity contribution in [1.29, 1.82) is 0 Å². The second kappa shape index (κ2) is 5.54. The first-order valence-electron chi connectivity index (χ1n) is 6.17. The Balaban J connectivity index is 2.18. The molecule has 1 aromatic carbocycles. The molecule has 7 heteroatoms. The lowest BCUT2D eigenvalue weighted by molar-refractivity contribution is -0.119. The van der Waals surface area contributed by atoms with Crippen LogP contribution < -0.4 is 11.1 Å². The Morgan fingerprint density at radius 2 is 1.95 bits per heavy atom. The molecule has 1 saturated carbocycles. The molecule has 2 rings (SSSR count). The quantitative estimate of drug-likeness (QED) is 0.788. The minimum absolute atomic E-state index is 0.0570. The molecule has 1 fully saturated rings. The van der Waals surface area contributed by atoms with Crippen LogP contribution in [0.3, 0.4) is 0 Å². The lowest BCUT2D eigenvalue weighted by Crippen LogP contribution is -2.24. The van der Waals surface area contributed by atoms with Gasteiger partial charge in [-0.25, -0.2) is 13.6 Å². The second-order valence-corrected chi connectivity index (χ2v) is 4.88. The number of halogens is 2. The number of carboxylic acid groups (broad SMARTS) is 1. The maximum atomic E-state index is 13.5. The van der Waals surface area contributed by atoms with Crippen molar-refractivity contribution in [2.45, 2.75) is 25.3 Å². The summed E-state index contributed by atoms with van der Waals surface area (Å²) < 4.78 is 26.8. The maximum Gasteiger partial charge on any atom is 0.338 e. The third-order valence-corrected chi connectivity index (χ3v) is 3.39. The number of nitrogens with two attached hydrogens (primary N) is 1. The van der Waals surface area contributed by atoms with Gasteiger partial charge >= 0.3 is 5.97 Å². The molecule has 5 nitrogen and oxygen atoms in total. The predicted molar refractivity (Wildman–Crippen MR) is 67.3 cm³/mol. The van der Waals surface area contributed by atoms with Gasteiger partial charge in [0, 0.05) is 18.0 Å². The number of carbonyl (C=O) groups excluding carboxylic acids is 1. The van der Waals surface area contributed by atoms with Crippen LogP contribution in [0.1, 0.15) is 29.6 Å². The Morgan fingerprint density at radius 1 is 1.25 bits per heavy atom. The van der Waals surface area contributed by atoms with E-state index in [4.69, 9.17) is 10.8 Å². The van der Waals surface area contributed by atoms with Crippen molar-refractivity contribution in [2.75, 3.05) is 5.32 Å². The highest BCUT2D eigenvalue weighted by atomic mass is 19.1. The van der Waals surface area contributed by atoms with Gasteiger partial charge in [-0.05, 0) is 25.3 Å². The van der Waals surface area contributed by atoms with E-state index < -0.39 is 29.1 Å². The van der Waals surface area contributed by atoms with Crippen molar-refractivity contribution < 1.29 is 23.5 Å². The molecule has 20 heavy (non-hydrogen) atoms. The van der Waals surface area contributed by atoms with Gasteiger partial charge in [0.25, 0.3) is 0 Å². The van der Waals surface area contributed by atoms with Crippen molar-refractivity contribution in [2.24, 2.45) is 11.7 Å². The zero-order valence-electron chi connectivity index (χ0n) is 10.5. The van der Waals surface area contributed by atoms with Crippen molar-refractivity contribution in [3.63, 3.8) is 0 Å². The van der Waals surface area contributed by atoms with Gasteiger partial charge in [-0.1, -0.05) is 0 Å². The van der Waals surface area contributed by atoms with Crippen LogP contribution >= 0.6 is 0 Å². The minimum Gasteiger partial charge on any atom is -0.478 e. The summed E-state index contributed by atoms with van der Waals surface area (Å²) in [5.74, 6) is -4.48. The number of aromatic carboxylic acids is 1. The molecule has 0 aliphatic heterocycles. The van der Waals surface area contributed by atoms with Gasteiger partial charge in [-0.15, -0.1) is 0 Å². The van der Waals surface area contributed by atoms with Gasteiger partial charge in [0.15, 0.2) is 0 Å². The zero-order valence-corrected chi connectivity index (χ0v) is 10.5. The van der Waals surface area contributed by atoms with Crippen molar-refractivity contribution in [3.05, 3.63) is 29.3 Å². The van der Waals surface area contributed by atoms with Gasteiger partial charge < -0.3 is 16.2 Å². The summed E-state index contributed by atoms with van der Waals surface area (Å²) in [5, 5.41) is 11.1. The highest BCUT2D eigenvalue weighted by Crippen LogP contribution is 2.27. The summed E-state index contributed by atoms with van der Waals surface area (Å²) >= 11 is 0. The molecule has 0 spiro atoms. The number of benzene rings is 1. The van der Waals surface area contributed by atoms with E-state index in [-0.39, 0.29) is 17.6 Å². The van der Waals surface area contributed by atoms with Gasteiger partial charge in [0.1, 0.15) is 11.6 Å². The number of amides is 1. The van der Waals surface area contributed by atoms with E-state index in [0.717, 1.165) is 6.07 Å². The van der Waals surface area contributed by atoms with Crippen molar-refractivity contribution in [3.8, 4) is 0 Å². The number of anilines is 1. The molecule has 2 unspecified atom stereocenters. The second-order valence-electron chi connectivity index (χ2n) is 4.88. The van der Waals surface area contributed by atoms with Crippen LogP contribution in [0.4, 0.5) is 14.5 Å². The average molecular weight is 284 g/mol. The average Bonchev–Trinajstić information content (AvgIpc) is 2.79. The first-order valence-corrected chi connectivity index (χ1v) is 6.17. The minimum atomic E-state index is -1.53. The SMILES string of the molecule is NC1CCC(C(=O)Nc2cc(C(=O)O)c(F)cc2F)C1. The lowest BCUT2D eigenvalue weighted by Gasteiger charge is -2.12. The van der Waals surface area contributed by atoms with E-state index in [9.17, 15) is 18.4 Å². The molecule has 108 valence electrons. The maximum absolute atomic E-state index is 13.5. The van der Waals surface area contributed by atoms with Crippen molar-refractivity contribution >= 4 is 17.6 Å². The van der Waals surface area contributed by atoms with Crippen LogP contribution in [0.15, 0.2) is 12.1 Å². The smallest absolute Gasteiger partial charge is 0.338 e. The number of rotatable bonds is 3. The van der Waals surface area contributed by atoms with Crippen LogP contribution in [0.2, 0.25) is 0 Å². The Hall–Kier alpha value is -2.02. The summed E-state index contributed by atoms with van der Waals surface area (Å²) in [5.41, 5.74) is 4.66. The molecule has 0 saturated heterocycles. The Bertz CT molecular complexity index is 563. The molecule has 0 heterocycles. The van der Waals surface area contributed by atoms with Crippen LogP contribution in [-0.2, 0) is 4.79 Å². The Kier molecular flexibility index (Phi) is 3.99. The molecule has 2 atom stereocenters. The third-order valence-electron chi connectivity index (χ3n) is 3.39. The Morgan fingerprint density at radius 3 is 2.50 bits per heavy atom. The predicted octanol–water partition coefficient (Wildman–Crippen LogP) is 1.73. The van der Waals surface area contributed by atoms with E-state index >= 15 is 0 Å². The largest absolute Gasteiger partial charge is 0.478 e. The van der Waals surface area contributed by atoms with E-state index in [0.29, 0.717) is 25.3 Å². The number of hydrogen-bond donors (Lipinski definition) is 3. The lowest BCUT2D eigenvalue weighted by atomic mass is 10.1. The van der Waals surface area contributed by atoms with Crippen LogP contribution in [0, 0.1) is 17.6 Å². The van der Waals surface area contributed by atoms with E-state index in [2.05, 4.69) is 5.32 Å².